The molecule has 0 saturated heterocycles. The predicted molar refractivity (Wildman–Crippen MR) is 40.5 cm³/mol. The average molecular weight is 168 g/mol. The van der Waals surface area contributed by atoms with Crippen LogP contribution in [0.4, 0.5) is 14.1 Å². The van der Waals surface area contributed by atoms with Crippen LogP contribution in [0.5, 0.6) is 5.75 Å². The maximum Gasteiger partial charge on any atom is 0.118 e. The van der Waals surface area contributed by atoms with Gasteiger partial charge in [0.15, 0.2) is 0 Å². The van der Waals surface area contributed by atoms with Gasteiger partial charge in [0.1, 0.15) is 5.75 Å². The molecular formula is C7H11F3O. The van der Waals surface area contributed by atoms with E-state index in [1.165, 1.54) is 0 Å². The van der Waals surface area contributed by atoms with Gasteiger partial charge in [-0.1, -0.05) is 18.2 Å². The summed E-state index contributed by atoms with van der Waals surface area (Å²) in [6, 6.07) is 9.68. The predicted octanol–water partition coefficient (Wildman–Crippen LogP) is 2.15. The molecule has 0 aliphatic rings. The molecule has 1 nitrogen and oxygen atoms in total. The third-order valence-electron chi connectivity index (χ3n) is 0.979. The minimum absolute atomic E-state index is 0. The molecule has 0 aliphatic heterocycles. The van der Waals surface area contributed by atoms with Crippen molar-refractivity contribution in [1.29, 1.82) is 0 Å². The van der Waals surface area contributed by atoms with Gasteiger partial charge in [-0.15, -0.1) is 0 Å². The number of halogens is 3. The highest BCUT2D eigenvalue weighted by atomic mass is 19.0. The van der Waals surface area contributed by atoms with Crippen molar-refractivity contribution in [2.75, 3.05) is 7.11 Å². The Bertz CT molecular complexity index is 155. The molecule has 0 amide bonds. The molecule has 66 valence electrons. The van der Waals surface area contributed by atoms with Gasteiger partial charge >= 0.3 is 0 Å². The molecule has 0 N–H and O–H groups in total. The standard InChI is InChI=1S/C7H8O.3FH/c1-8-7-5-3-2-4-6-7;;;/h2-6H,1H3;3*1H. The van der Waals surface area contributed by atoms with E-state index in [1.54, 1.807) is 7.11 Å². The van der Waals surface area contributed by atoms with Crippen LogP contribution in [0.15, 0.2) is 30.3 Å². The Morgan fingerprint density at radius 3 is 1.64 bits per heavy atom. The van der Waals surface area contributed by atoms with E-state index in [4.69, 9.17) is 4.74 Å². The Labute approximate surface area is 63.1 Å². The Hall–Kier alpha value is -1.19. The van der Waals surface area contributed by atoms with Gasteiger partial charge in [0.05, 0.1) is 7.11 Å². The molecule has 1 aromatic rings. The van der Waals surface area contributed by atoms with E-state index in [1.807, 2.05) is 30.3 Å². The van der Waals surface area contributed by atoms with Crippen molar-refractivity contribution in [2.24, 2.45) is 0 Å². The minimum atomic E-state index is 0. The van der Waals surface area contributed by atoms with Gasteiger partial charge in [0, 0.05) is 0 Å². The summed E-state index contributed by atoms with van der Waals surface area (Å²) in [5, 5.41) is 0. The molecule has 0 fully saturated rings. The second kappa shape index (κ2) is 8.81. The third kappa shape index (κ3) is 5.26. The summed E-state index contributed by atoms with van der Waals surface area (Å²) < 4.78 is 4.91. The van der Waals surface area contributed by atoms with Gasteiger partial charge in [-0.2, -0.15) is 0 Å². The molecule has 11 heavy (non-hydrogen) atoms. The number of hydrogen-bond donors (Lipinski definition) is 0. The topological polar surface area (TPSA) is 9.23 Å². The molecule has 0 spiro atoms. The van der Waals surface area contributed by atoms with Crippen molar-refractivity contribution in [2.45, 2.75) is 0 Å². The number of ether oxygens (including phenoxy) is 1. The molecule has 4 heteroatoms. The first-order valence-corrected chi connectivity index (χ1v) is 2.52. The summed E-state index contributed by atoms with van der Waals surface area (Å²) >= 11 is 0. The summed E-state index contributed by atoms with van der Waals surface area (Å²) in [5.41, 5.74) is 0. The highest BCUT2D eigenvalue weighted by Crippen LogP contribution is 2.05. The molecule has 0 bridgehead atoms. The first kappa shape index (κ1) is 16.4. The summed E-state index contributed by atoms with van der Waals surface area (Å²) in [6.45, 7) is 0. The highest BCUT2D eigenvalue weighted by Gasteiger charge is 1.80. The highest BCUT2D eigenvalue weighted by molar-refractivity contribution is 5.20. The van der Waals surface area contributed by atoms with Gasteiger partial charge in [-0.3, -0.25) is 14.1 Å². The fraction of sp³-hybridized carbons (Fsp3) is 0.143. The molecule has 0 aromatic heterocycles. The zero-order valence-corrected chi connectivity index (χ0v) is 6.02. The molecule has 0 unspecified atom stereocenters. The summed E-state index contributed by atoms with van der Waals surface area (Å²) in [6.07, 6.45) is 0. The molecule has 0 atom stereocenters. The van der Waals surface area contributed by atoms with E-state index < -0.39 is 0 Å². The van der Waals surface area contributed by atoms with Crippen LogP contribution in [0, 0.1) is 0 Å². The van der Waals surface area contributed by atoms with Gasteiger partial charge in [-0.05, 0) is 12.1 Å². The first-order valence-electron chi connectivity index (χ1n) is 2.52. The number of rotatable bonds is 1. The fourth-order valence-corrected chi connectivity index (χ4v) is 0.557. The molecule has 0 heterocycles. The maximum atomic E-state index is 4.91. The largest absolute Gasteiger partial charge is 0.497 e. The van der Waals surface area contributed by atoms with Crippen molar-refractivity contribution in [3.05, 3.63) is 30.3 Å². The lowest BCUT2D eigenvalue weighted by atomic mass is 10.3. The molecule has 1 rings (SSSR count). The average Bonchev–Trinajstić information content (AvgIpc) is 1.90. The number of para-hydroxylation sites is 1. The number of methoxy groups -OCH3 is 1. The maximum absolute atomic E-state index is 4.91. The van der Waals surface area contributed by atoms with Crippen LogP contribution >= 0.6 is 0 Å². The van der Waals surface area contributed by atoms with Crippen molar-refractivity contribution in [3.8, 4) is 5.75 Å². The lowest BCUT2D eigenvalue weighted by molar-refractivity contribution is 0.415. The van der Waals surface area contributed by atoms with Crippen molar-refractivity contribution in [1.82, 2.24) is 0 Å². The quantitative estimate of drug-likeness (QED) is 0.624. The lowest BCUT2D eigenvalue weighted by Crippen LogP contribution is -1.78. The zero-order valence-electron chi connectivity index (χ0n) is 6.02. The molecule has 1 aromatic carbocycles. The van der Waals surface area contributed by atoms with Crippen LogP contribution in [-0.2, 0) is 0 Å². The van der Waals surface area contributed by atoms with Gasteiger partial charge in [-0.25, -0.2) is 0 Å². The van der Waals surface area contributed by atoms with Crippen molar-refractivity contribution in [3.63, 3.8) is 0 Å². The van der Waals surface area contributed by atoms with Crippen LogP contribution in [-0.4, -0.2) is 7.11 Å². The Morgan fingerprint density at radius 2 is 1.36 bits per heavy atom. The molecule has 0 saturated carbocycles. The van der Waals surface area contributed by atoms with Crippen molar-refractivity contribution < 1.29 is 18.9 Å². The summed E-state index contributed by atoms with van der Waals surface area (Å²) in [5.74, 6) is 0.910. The number of hydrogen-bond acceptors (Lipinski definition) is 1. The van der Waals surface area contributed by atoms with E-state index in [0.29, 0.717) is 0 Å². The van der Waals surface area contributed by atoms with E-state index in [0.717, 1.165) is 5.75 Å². The van der Waals surface area contributed by atoms with Crippen molar-refractivity contribution >= 4 is 0 Å². The second-order valence-electron chi connectivity index (χ2n) is 1.52. The minimum Gasteiger partial charge on any atom is -0.497 e. The summed E-state index contributed by atoms with van der Waals surface area (Å²) in [7, 11) is 1.66. The molecular weight excluding hydrogens is 157 g/mol. The first-order chi connectivity index (χ1) is 3.93. The molecule has 0 radical (unpaired) electrons. The van der Waals surface area contributed by atoms with E-state index >= 15 is 0 Å². The summed E-state index contributed by atoms with van der Waals surface area (Å²) in [4.78, 5) is 0. The Morgan fingerprint density at radius 1 is 0.909 bits per heavy atom. The van der Waals surface area contributed by atoms with Crippen LogP contribution < -0.4 is 4.74 Å². The van der Waals surface area contributed by atoms with Gasteiger partial charge in [0.25, 0.3) is 0 Å². The Kier molecular flexibility index (Phi) is 13.1. The van der Waals surface area contributed by atoms with Crippen LogP contribution in [0.25, 0.3) is 0 Å². The normalized spacial score (nSPS) is 6.27. The van der Waals surface area contributed by atoms with Crippen LogP contribution in [0.1, 0.15) is 0 Å². The van der Waals surface area contributed by atoms with Gasteiger partial charge in [0.2, 0.25) is 0 Å². The van der Waals surface area contributed by atoms with Crippen LogP contribution in [0.2, 0.25) is 0 Å². The van der Waals surface area contributed by atoms with E-state index in [2.05, 4.69) is 0 Å². The monoisotopic (exact) mass is 168 g/mol. The zero-order chi connectivity index (χ0) is 5.82. The Balaban J connectivity index is -0.000000213. The molecule has 0 aliphatic carbocycles. The lowest BCUT2D eigenvalue weighted by Gasteiger charge is -1.93. The second-order valence-corrected chi connectivity index (χ2v) is 1.52. The number of benzene rings is 1. The van der Waals surface area contributed by atoms with Gasteiger partial charge < -0.3 is 4.74 Å². The van der Waals surface area contributed by atoms with E-state index in [-0.39, 0.29) is 14.1 Å². The third-order valence-corrected chi connectivity index (χ3v) is 0.979. The van der Waals surface area contributed by atoms with E-state index in [9.17, 15) is 0 Å². The van der Waals surface area contributed by atoms with Crippen LogP contribution in [0.3, 0.4) is 0 Å². The fourth-order valence-electron chi connectivity index (χ4n) is 0.557. The SMILES string of the molecule is COc1ccccc1.F.F.F. The smallest absolute Gasteiger partial charge is 0.118 e.